The maximum Gasteiger partial charge on any atom is 0.277 e. The molecule has 1 atom stereocenters. The number of carbonyl (C=O) groups excluding carboxylic acids is 1. The second-order valence-corrected chi connectivity index (χ2v) is 14.8. The van der Waals surface area contributed by atoms with Crippen molar-refractivity contribution in [2.24, 2.45) is 13.0 Å². The molecule has 266 valence electrons. The number of pyridine rings is 1. The molecule has 13 heteroatoms. The van der Waals surface area contributed by atoms with Gasteiger partial charge in [0.05, 0.1) is 35.0 Å². The number of carbonyl (C=O) groups is 1. The van der Waals surface area contributed by atoms with E-state index in [1.807, 2.05) is 74.6 Å². The number of hydrogen-bond acceptors (Lipinski definition) is 8. The van der Waals surface area contributed by atoms with E-state index in [1.54, 1.807) is 23.2 Å². The minimum atomic E-state index is -0.736. The van der Waals surface area contributed by atoms with Gasteiger partial charge in [0.2, 0.25) is 11.8 Å². The van der Waals surface area contributed by atoms with E-state index in [9.17, 15) is 14.7 Å². The predicted octanol–water partition coefficient (Wildman–Crippen LogP) is 5.32. The number of nitrogens with zero attached hydrogens (tertiary/aromatic N) is 5. The summed E-state index contributed by atoms with van der Waals surface area (Å²) in [5.41, 5.74) is 4.82. The summed E-state index contributed by atoms with van der Waals surface area (Å²) < 4.78 is 8.86. The average molecular weight is 731 g/mol. The van der Waals surface area contributed by atoms with Gasteiger partial charge in [0.15, 0.2) is 0 Å². The fraction of sp³-hybridized carbons (Fsp3) is 0.368. The maximum atomic E-state index is 13.4. The summed E-state index contributed by atoms with van der Waals surface area (Å²) in [6.07, 6.45) is 3.22. The molecule has 2 aliphatic heterocycles. The van der Waals surface area contributed by atoms with Gasteiger partial charge in [0, 0.05) is 91.2 Å². The lowest BCUT2D eigenvalue weighted by Gasteiger charge is -2.45. The van der Waals surface area contributed by atoms with Crippen LogP contribution in [0.2, 0.25) is 10.0 Å². The van der Waals surface area contributed by atoms with Gasteiger partial charge in [0.25, 0.3) is 5.56 Å². The molecule has 2 fully saturated rings. The maximum absolute atomic E-state index is 13.4. The molecule has 0 unspecified atom stereocenters. The molecule has 0 saturated carbocycles. The van der Waals surface area contributed by atoms with Crippen molar-refractivity contribution in [2.75, 3.05) is 26.7 Å². The number of hydrogen-bond donors (Lipinski definition) is 3. The molecule has 1 amide bonds. The summed E-state index contributed by atoms with van der Waals surface area (Å²) >= 11 is 14.2. The number of nitrogens with one attached hydrogen (secondary N) is 2. The van der Waals surface area contributed by atoms with Crippen LogP contribution >= 0.6 is 23.2 Å². The monoisotopic (exact) mass is 729 g/mol. The van der Waals surface area contributed by atoms with Crippen molar-refractivity contribution in [1.82, 2.24) is 34.7 Å². The molecule has 5 heterocycles. The van der Waals surface area contributed by atoms with Crippen molar-refractivity contribution in [3.05, 3.63) is 92.6 Å². The number of benzene rings is 2. The number of ether oxygens (including phenoxy) is 1. The van der Waals surface area contributed by atoms with Gasteiger partial charge in [-0.15, -0.1) is 0 Å². The second-order valence-electron chi connectivity index (χ2n) is 14.0. The molecule has 51 heavy (non-hydrogen) atoms. The highest BCUT2D eigenvalue weighted by atomic mass is 35.5. The lowest BCUT2D eigenvalue weighted by Crippen LogP contribution is -2.55. The van der Waals surface area contributed by atoms with Gasteiger partial charge in [-0.3, -0.25) is 19.1 Å². The molecule has 0 bridgehead atoms. The lowest BCUT2D eigenvalue weighted by molar-refractivity contribution is -0.119. The lowest BCUT2D eigenvalue weighted by atomic mass is 9.84. The van der Waals surface area contributed by atoms with E-state index in [2.05, 4.69) is 15.5 Å². The molecule has 11 nitrogen and oxygen atoms in total. The summed E-state index contributed by atoms with van der Waals surface area (Å²) in [5.74, 6) is 1.41. The molecule has 2 aliphatic rings. The Kier molecular flexibility index (Phi) is 9.68. The number of aromatic nitrogens is 4. The van der Waals surface area contributed by atoms with Crippen molar-refractivity contribution in [3.8, 4) is 39.4 Å². The van der Waals surface area contributed by atoms with Crippen LogP contribution in [0.3, 0.4) is 0 Å². The van der Waals surface area contributed by atoms with Gasteiger partial charge in [-0.25, -0.2) is 9.50 Å². The molecular formula is C38H41Cl2N7O4. The molecule has 7 rings (SSSR count). The summed E-state index contributed by atoms with van der Waals surface area (Å²) in [4.78, 5) is 31.9. The topological polar surface area (TPSA) is 126 Å². The number of likely N-dealkylation sites (tertiary alicyclic amines) is 1. The first-order valence-corrected chi connectivity index (χ1v) is 17.8. The van der Waals surface area contributed by atoms with Crippen LogP contribution in [0.25, 0.3) is 39.0 Å². The Bertz CT molecular complexity index is 2190. The van der Waals surface area contributed by atoms with E-state index in [0.717, 1.165) is 52.9 Å². The zero-order valence-electron chi connectivity index (χ0n) is 29.0. The normalized spacial score (nSPS) is 16.8. The van der Waals surface area contributed by atoms with Crippen molar-refractivity contribution in [2.45, 2.75) is 51.4 Å². The van der Waals surface area contributed by atoms with Crippen LogP contribution < -0.4 is 20.9 Å². The summed E-state index contributed by atoms with van der Waals surface area (Å²) in [6, 6.07) is 17.3. The van der Waals surface area contributed by atoms with Crippen LogP contribution in [-0.4, -0.2) is 73.5 Å². The van der Waals surface area contributed by atoms with Crippen molar-refractivity contribution in [1.29, 1.82) is 0 Å². The molecule has 0 spiro atoms. The number of rotatable bonds is 11. The van der Waals surface area contributed by atoms with Gasteiger partial charge < -0.3 is 20.5 Å². The highest BCUT2D eigenvalue weighted by molar-refractivity contribution is 6.39. The zero-order chi connectivity index (χ0) is 36.0. The summed E-state index contributed by atoms with van der Waals surface area (Å²) in [7, 11) is 3.33. The second kappa shape index (κ2) is 14.0. The fourth-order valence-electron chi connectivity index (χ4n) is 6.85. The first-order chi connectivity index (χ1) is 24.4. The van der Waals surface area contributed by atoms with E-state index in [0.29, 0.717) is 59.0 Å². The van der Waals surface area contributed by atoms with Crippen LogP contribution in [0.4, 0.5) is 0 Å². The smallest absolute Gasteiger partial charge is 0.277 e. The Morgan fingerprint density at radius 2 is 1.71 bits per heavy atom. The highest BCUT2D eigenvalue weighted by Crippen LogP contribution is 2.42. The van der Waals surface area contributed by atoms with Gasteiger partial charge in [0.1, 0.15) is 11.3 Å². The van der Waals surface area contributed by atoms with Crippen molar-refractivity contribution >= 4 is 34.6 Å². The Balaban J connectivity index is 1.14. The standard InChI is InChI=1S/C38H41Cl2N7O4/c1-38(2,50)24-19-46(20-24)21-32-44-47-18-23(15-31(47)37(49)45(32)3)26-7-5-8-27(34(26)39)28-9-6-10-29(35(28)40)30-13-11-22(36(43-30)51-4)16-41-17-25-12-14-33(48)42-25/h5-11,13,15,18,24-25,41,50H,12,14,16-17,19-21H2,1-4H3,(H,42,48)/t25-/m0/s1. The molecule has 5 aromatic rings. The quantitative estimate of drug-likeness (QED) is 0.167. The minimum Gasteiger partial charge on any atom is -0.481 e. The molecule has 3 N–H and O–H groups in total. The van der Waals surface area contributed by atoms with E-state index in [4.69, 9.17) is 38.0 Å². The number of aliphatic hydroxyl groups is 1. The molecule has 2 saturated heterocycles. The van der Waals surface area contributed by atoms with Gasteiger partial charge in [-0.2, -0.15) is 5.10 Å². The third-order valence-corrected chi connectivity index (χ3v) is 10.9. The largest absolute Gasteiger partial charge is 0.481 e. The number of halogens is 2. The van der Waals surface area contributed by atoms with Crippen LogP contribution in [0.15, 0.2) is 65.6 Å². The highest BCUT2D eigenvalue weighted by Gasteiger charge is 2.37. The minimum absolute atomic E-state index is 0.0930. The van der Waals surface area contributed by atoms with Crippen LogP contribution in [0.5, 0.6) is 5.88 Å². The number of methoxy groups -OCH3 is 1. The van der Waals surface area contributed by atoms with E-state index in [1.165, 1.54) is 0 Å². The molecule has 0 radical (unpaired) electrons. The Morgan fingerprint density at radius 1 is 1.02 bits per heavy atom. The van der Waals surface area contributed by atoms with Crippen molar-refractivity contribution in [3.63, 3.8) is 0 Å². The number of amides is 1. The van der Waals surface area contributed by atoms with E-state index < -0.39 is 5.60 Å². The molecular weight excluding hydrogens is 689 g/mol. The van der Waals surface area contributed by atoms with Crippen molar-refractivity contribution < 1.29 is 14.6 Å². The fourth-order valence-corrected chi connectivity index (χ4v) is 7.51. The van der Waals surface area contributed by atoms with E-state index >= 15 is 0 Å². The molecule has 0 aliphatic carbocycles. The predicted molar refractivity (Wildman–Crippen MR) is 199 cm³/mol. The first kappa shape index (κ1) is 35.2. The summed E-state index contributed by atoms with van der Waals surface area (Å²) in [5, 5.41) is 22.5. The third kappa shape index (κ3) is 7.01. The van der Waals surface area contributed by atoms with Crippen LogP contribution in [0, 0.1) is 5.92 Å². The van der Waals surface area contributed by atoms with Gasteiger partial charge >= 0.3 is 0 Å². The number of fused-ring (bicyclic) bond motifs is 1. The van der Waals surface area contributed by atoms with Crippen LogP contribution in [0.1, 0.15) is 38.1 Å². The zero-order valence-corrected chi connectivity index (χ0v) is 30.6. The Labute approximate surface area is 306 Å². The van der Waals surface area contributed by atoms with Gasteiger partial charge in [-0.1, -0.05) is 65.7 Å². The third-order valence-electron chi connectivity index (χ3n) is 10.1. The summed E-state index contributed by atoms with van der Waals surface area (Å²) in [6.45, 7) is 6.87. The van der Waals surface area contributed by atoms with Crippen LogP contribution in [-0.2, 0) is 24.9 Å². The van der Waals surface area contributed by atoms with Gasteiger partial charge in [-0.05, 0) is 32.4 Å². The Hall–Kier alpha value is -4.26. The molecule has 3 aromatic heterocycles. The average Bonchev–Trinajstić information content (AvgIpc) is 3.70. The first-order valence-electron chi connectivity index (χ1n) is 17.1. The Morgan fingerprint density at radius 3 is 2.37 bits per heavy atom. The SMILES string of the molecule is COc1nc(-c2cccc(-c3cccc(-c4cc5c(=O)n(C)c(CN6CC(C(C)(C)O)C6)nn5c4)c3Cl)c2Cl)ccc1CNC[C@@H]1CCC(=O)N1. The van der Waals surface area contributed by atoms with E-state index in [-0.39, 0.29) is 23.4 Å². The molecule has 2 aromatic carbocycles.